The van der Waals surface area contributed by atoms with Crippen LogP contribution in [0.25, 0.3) is 11.1 Å². The molecule has 180 valence electrons. The predicted molar refractivity (Wildman–Crippen MR) is 129 cm³/mol. The average molecular weight is 478 g/mol. The molecule has 0 aliphatic heterocycles. The van der Waals surface area contributed by atoms with Gasteiger partial charge in [-0.15, -0.1) is 0 Å². The van der Waals surface area contributed by atoms with E-state index < -0.39 is 29.0 Å². The molecule has 1 aliphatic rings. The lowest BCUT2D eigenvalue weighted by molar-refractivity contribution is -0.139. The number of carbonyl (C=O) groups is 3. The molecule has 3 aromatic rings. The van der Waals surface area contributed by atoms with Gasteiger partial charge in [0.15, 0.2) is 5.78 Å². The number of anilines is 2. The normalized spacial score (nSPS) is 16.9. The van der Waals surface area contributed by atoms with Crippen molar-refractivity contribution in [1.29, 1.82) is 0 Å². The highest BCUT2D eigenvalue weighted by atomic mass is 19.1. The van der Waals surface area contributed by atoms with Gasteiger partial charge in [-0.3, -0.25) is 9.59 Å². The largest absolute Gasteiger partial charge is 0.481 e. The molecular formula is C27H24F2N2O4. The number of Topliss-reactive ketones (excluding diaryl/α,β-unsaturated/α-hetero) is 1. The summed E-state index contributed by atoms with van der Waals surface area (Å²) >= 11 is 0. The number of carboxylic acid groups (broad SMARTS) is 1. The molecule has 1 aliphatic carbocycles. The van der Waals surface area contributed by atoms with E-state index in [1.165, 1.54) is 30.3 Å². The Balaban J connectivity index is 1.52. The molecule has 35 heavy (non-hydrogen) atoms. The van der Waals surface area contributed by atoms with Crippen LogP contribution in [-0.4, -0.2) is 22.9 Å². The van der Waals surface area contributed by atoms with Gasteiger partial charge in [0.05, 0.1) is 12.1 Å². The van der Waals surface area contributed by atoms with Crippen molar-refractivity contribution < 1.29 is 28.3 Å². The molecule has 2 amide bonds. The van der Waals surface area contributed by atoms with Crippen LogP contribution in [-0.2, 0) is 11.2 Å². The van der Waals surface area contributed by atoms with Crippen molar-refractivity contribution in [3.8, 4) is 11.1 Å². The number of amides is 2. The number of urea groups is 1. The molecule has 6 nitrogen and oxygen atoms in total. The summed E-state index contributed by atoms with van der Waals surface area (Å²) in [5, 5.41) is 14.1. The summed E-state index contributed by atoms with van der Waals surface area (Å²) in [5.41, 5.74) is 1.87. The number of nitrogens with one attached hydrogen (secondary N) is 2. The molecular weight excluding hydrogens is 454 g/mol. The third kappa shape index (κ3) is 5.06. The fourth-order valence-electron chi connectivity index (χ4n) is 4.54. The quantitative estimate of drug-likeness (QED) is 0.389. The molecule has 0 aromatic heterocycles. The maximum Gasteiger partial charge on any atom is 0.323 e. The van der Waals surface area contributed by atoms with Gasteiger partial charge in [0.25, 0.3) is 0 Å². The lowest BCUT2D eigenvalue weighted by Crippen LogP contribution is -2.37. The standard InChI is InChI=1S/C27H24F2N2O4/c1-2-27(15-24(32)33)11-10-18-12-16(6-8-21(18)25(27)34)17-7-9-23(22(29)13-17)31-26(35)30-20-5-3-4-19(28)14-20/h3-9,12-14H,2,10-11,15H2,1H3,(H,32,33)(H2,30,31,35). The van der Waals surface area contributed by atoms with E-state index in [4.69, 9.17) is 0 Å². The summed E-state index contributed by atoms with van der Waals surface area (Å²) in [4.78, 5) is 36.6. The number of aliphatic carboxylic acids is 1. The Labute approximate surface area is 201 Å². The van der Waals surface area contributed by atoms with Gasteiger partial charge in [0.1, 0.15) is 11.6 Å². The summed E-state index contributed by atoms with van der Waals surface area (Å²) in [6.45, 7) is 1.83. The zero-order valence-electron chi connectivity index (χ0n) is 19.0. The smallest absolute Gasteiger partial charge is 0.323 e. The van der Waals surface area contributed by atoms with Crippen molar-refractivity contribution in [3.05, 3.63) is 83.4 Å². The molecule has 1 unspecified atom stereocenters. The molecule has 0 bridgehead atoms. The summed E-state index contributed by atoms with van der Waals surface area (Å²) < 4.78 is 28.0. The number of aryl methyl sites for hydroxylation is 1. The van der Waals surface area contributed by atoms with E-state index in [9.17, 15) is 28.3 Å². The van der Waals surface area contributed by atoms with Crippen LogP contribution in [0.5, 0.6) is 0 Å². The van der Waals surface area contributed by atoms with Crippen LogP contribution >= 0.6 is 0 Å². The van der Waals surface area contributed by atoms with Gasteiger partial charge in [-0.05, 0) is 66.3 Å². The van der Waals surface area contributed by atoms with Gasteiger partial charge in [0, 0.05) is 16.7 Å². The number of fused-ring (bicyclic) bond motifs is 1. The molecule has 0 saturated heterocycles. The molecule has 0 radical (unpaired) electrons. The molecule has 3 N–H and O–H groups in total. The number of carbonyl (C=O) groups excluding carboxylic acids is 2. The second-order valence-corrected chi connectivity index (χ2v) is 8.69. The molecule has 8 heteroatoms. The number of hydrogen-bond donors (Lipinski definition) is 3. The second-order valence-electron chi connectivity index (χ2n) is 8.69. The fraction of sp³-hybridized carbons (Fsp3) is 0.222. The third-order valence-corrected chi connectivity index (χ3v) is 6.50. The minimum absolute atomic E-state index is 0.0443. The first-order valence-corrected chi connectivity index (χ1v) is 11.2. The fourth-order valence-corrected chi connectivity index (χ4v) is 4.54. The lowest BCUT2D eigenvalue weighted by atomic mass is 9.67. The molecule has 1 atom stereocenters. The van der Waals surface area contributed by atoms with Crippen molar-refractivity contribution in [3.63, 3.8) is 0 Å². The summed E-state index contributed by atoms with van der Waals surface area (Å²) in [7, 11) is 0. The van der Waals surface area contributed by atoms with Crippen molar-refractivity contribution in [2.75, 3.05) is 10.6 Å². The number of halogens is 2. The third-order valence-electron chi connectivity index (χ3n) is 6.50. The van der Waals surface area contributed by atoms with E-state index in [1.807, 2.05) is 13.0 Å². The van der Waals surface area contributed by atoms with E-state index in [-0.39, 0.29) is 23.6 Å². The monoisotopic (exact) mass is 478 g/mol. The summed E-state index contributed by atoms with van der Waals surface area (Å²) in [6.07, 6.45) is 1.25. The minimum atomic E-state index is -0.992. The molecule has 0 heterocycles. The summed E-state index contributed by atoms with van der Waals surface area (Å²) in [6, 6.07) is 14.2. The first kappa shape index (κ1) is 24.1. The van der Waals surface area contributed by atoms with Gasteiger partial charge in [0.2, 0.25) is 0 Å². The van der Waals surface area contributed by atoms with Crippen LogP contribution in [0.3, 0.4) is 0 Å². The lowest BCUT2D eigenvalue weighted by Gasteiger charge is -2.35. The number of rotatable bonds is 6. The maximum atomic E-state index is 14.8. The van der Waals surface area contributed by atoms with E-state index in [0.717, 1.165) is 11.6 Å². The van der Waals surface area contributed by atoms with Crippen molar-refractivity contribution in [1.82, 2.24) is 0 Å². The Morgan fingerprint density at radius 3 is 2.43 bits per heavy atom. The number of benzene rings is 3. The second kappa shape index (κ2) is 9.66. The Morgan fingerprint density at radius 2 is 1.74 bits per heavy atom. The Kier molecular flexibility index (Phi) is 6.64. The Bertz CT molecular complexity index is 1320. The minimum Gasteiger partial charge on any atom is -0.481 e. The van der Waals surface area contributed by atoms with E-state index in [2.05, 4.69) is 10.6 Å². The summed E-state index contributed by atoms with van der Waals surface area (Å²) in [5.74, 6) is -2.32. The van der Waals surface area contributed by atoms with Crippen molar-refractivity contribution in [2.24, 2.45) is 5.41 Å². The van der Waals surface area contributed by atoms with Gasteiger partial charge in [-0.25, -0.2) is 13.6 Å². The highest BCUT2D eigenvalue weighted by Gasteiger charge is 2.42. The van der Waals surface area contributed by atoms with Gasteiger partial charge in [-0.1, -0.05) is 37.3 Å². The van der Waals surface area contributed by atoms with E-state index in [1.54, 1.807) is 18.2 Å². The highest BCUT2D eigenvalue weighted by Crippen LogP contribution is 2.42. The topological polar surface area (TPSA) is 95.5 Å². The molecule has 0 spiro atoms. The van der Waals surface area contributed by atoms with Gasteiger partial charge >= 0.3 is 12.0 Å². The van der Waals surface area contributed by atoms with Gasteiger partial charge < -0.3 is 15.7 Å². The Morgan fingerprint density at radius 1 is 1.00 bits per heavy atom. The average Bonchev–Trinajstić information content (AvgIpc) is 2.82. The van der Waals surface area contributed by atoms with Crippen LogP contribution in [0.1, 0.15) is 42.1 Å². The van der Waals surface area contributed by atoms with Crippen LogP contribution in [0.15, 0.2) is 60.7 Å². The van der Waals surface area contributed by atoms with Crippen LogP contribution in [0.4, 0.5) is 25.0 Å². The SMILES string of the molecule is CCC1(CC(=O)O)CCc2cc(-c3ccc(NC(=O)Nc4cccc(F)c4)c(F)c3)ccc2C1=O. The van der Waals surface area contributed by atoms with Crippen LogP contribution in [0, 0.1) is 17.0 Å². The highest BCUT2D eigenvalue weighted by molar-refractivity contribution is 6.04. The first-order chi connectivity index (χ1) is 16.7. The number of hydrogen-bond acceptors (Lipinski definition) is 3. The molecule has 4 rings (SSSR count). The predicted octanol–water partition coefficient (Wildman–Crippen LogP) is 6.28. The maximum absolute atomic E-state index is 14.8. The zero-order valence-corrected chi connectivity index (χ0v) is 19.0. The molecule has 0 saturated carbocycles. The van der Waals surface area contributed by atoms with E-state index in [0.29, 0.717) is 36.0 Å². The first-order valence-electron chi connectivity index (χ1n) is 11.2. The van der Waals surface area contributed by atoms with E-state index >= 15 is 0 Å². The van der Waals surface area contributed by atoms with Crippen LogP contribution in [0.2, 0.25) is 0 Å². The molecule has 0 fully saturated rings. The molecule has 3 aromatic carbocycles. The number of ketones is 1. The number of carboxylic acids is 1. The van der Waals surface area contributed by atoms with Crippen molar-refractivity contribution in [2.45, 2.75) is 32.6 Å². The Hall–Kier alpha value is -4.07. The van der Waals surface area contributed by atoms with Crippen LogP contribution < -0.4 is 10.6 Å². The zero-order chi connectivity index (χ0) is 25.2. The van der Waals surface area contributed by atoms with Gasteiger partial charge in [-0.2, -0.15) is 0 Å². The van der Waals surface area contributed by atoms with Crippen molar-refractivity contribution >= 4 is 29.2 Å².